The van der Waals surface area contributed by atoms with Crippen molar-refractivity contribution < 1.29 is 19.4 Å². The van der Waals surface area contributed by atoms with Crippen molar-refractivity contribution in [2.75, 3.05) is 13.2 Å². The molecule has 0 radical (unpaired) electrons. The van der Waals surface area contributed by atoms with Gasteiger partial charge in [0.15, 0.2) is 0 Å². The predicted molar refractivity (Wildman–Crippen MR) is 104 cm³/mol. The second kappa shape index (κ2) is 8.56. The zero-order valence-corrected chi connectivity index (χ0v) is 16.6. The maximum absolute atomic E-state index is 13.0. The van der Waals surface area contributed by atoms with Gasteiger partial charge in [0.2, 0.25) is 5.91 Å². The highest BCUT2D eigenvalue weighted by molar-refractivity contribution is 6.08. The lowest BCUT2D eigenvalue weighted by Crippen LogP contribution is -2.44. The van der Waals surface area contributed by atoms with Crippen LogP contribution in [0.5, 0.6) is 11.8 Å². The average Bonchev–Trinajstić information content (AvgIpc) is 2.96. The fraction of sp³-hybridized carbons (Fsp3) is 0.476. The Balaban J connectivity index is 1.98. The molecule has 1 aliphatic heterocycles. The molecule has 0 spiro atoms. The number of hydrogen-bond acceptors (Lipinski definition) is 5. The third kappa shape index (κ3) is 4.25. The highest BCUT2D eigenvalue weighted by Gasteiger charge is 2.36. The summed E-state index contributed by atoms with van der Waals surface area (Å²) in [6.45, 7) is 6.92. The molecular formula is C21H27N3O4. The summed E-state index contributed by atoms with van der Waals surface area (Å²) >= 11 is 0. The topological polar surface area (TPSA) is 84.7 Å². The van der Waals surface area contributed by atoms with Crippen molar-refractivity contribution in [1.29, 1.82) is 0 Å². The largest absolute Gasteiger partial charge is 0.425 e. The standard InChI is InChI=1S/C21H27N3O4/c1-14(2)8-10-24-19-17(13-18(26)23(20(19)27)9-5-11-25)22-21(24)28-16-7-4-6-15(3)12-16/h4,6-7,12,14,25H,5,8-11,13H2,1-3H3. The fourth-order valence-electron chi connectivity index (χ4n) is 3.23. The molecule has 0 unspecified atom stereocenters. The van der Waals surface area contributed by atoms with Crippen LogP contribution < -0.4 is 4.74 Å². The summed E-state index contributed by atoms with van der Waals surface area (Å²) in [6.07, 6.45) is 1.27. The van der Waals surface area contributed by atoms with Crippen LogP contribution in [-0.2, 0) is 17.8 Å². The summed E-state index contributed by atoms with van der Waals surface area (Å²) in [5.41, 5.74) is 1.94. The van der Waals surface area contributed by atoms with E-state index in [-0.39, 0.29) is 31.4 Å². The van der Waals surface area contributed by atoms with Gasteiger partial charge in [-0.05, 0) is 43.4 Å². The van der Waals surface area contributed by atoms with Gasteiger partial charge in [0.1, 0.15) is 11.4 Å². The van der Waals surface area contributed by atoms with Crippen LogP contribution in [0.4, 0.5) is 0 Å². The number of amides is 2. The van der Waals surface area contributed by atoms with Crippen molar-refractivity contribution in [2.24, 2.45) is 5.92 Å². The molecule has 7 heteroatoms. The van der Waals surface area contributed by atoms with Gasteiger partial charge in [-0.2, -0.15) is 4.98 Å². The molecule has 0 saturated heterocycles. The normalized spacial score (nSPS) is 14.0. The molecular weight excluding hydrogens is 358 g/mol. The Morgan fingerprint density at radius 3 is 2.71 bits per heavy atom. The van der Waals surface area contributed by atoms with Crippen molar-refractivity contribution in [3.05, 3.63) is 41.2 Å². The second-order valence-corrected chi connectivity index (χ2v) is 7.55. The van der Waals surface area contributed by atoms with E-state index in [1.807, 2.05) is 31.2 Å². The van der Waals surface area contributed by atoms with E-state index < -0.39 is 0 Å². The molecule has 7 nitrogen and oxygen atoms in total. The number of carbonyl (C=O) groups is 2. The first-order valence-electron chi connectivity index (χ1n) is 9.70. The average molecular weight is 385 g/mol. The van der Waals surface area contributed by atoms with E-state index >= 15 is 0 Å². The van der Waals surface area contributed by atoms with Crippen LogP contribution in [0.25, 0.3) is 0 Å². The Morgan fingerprint density at radius 2 is 2.04 bits per heavy atom. The number of benzene rings is 1. The molecule has 1 aromatic carbocycles. The number of imide groups is 1. The highest BCUT2D eigenvalue weighted by Crippen LogP contribution is 2.29. The molecule has 2 aromatic rings. The number of rotatable bonds is 8. The number of aliphatic hydroxyl groups is 1. The summed E-state index contributed by atoms with van der Waals surface area (Å²) in [5, 5.41) is 9.07. The minimum atomic E-state index is -0.366. The first-order chi connectivity index (χ1) is 13.4. The van der Waals surface area contributed by atoms with Gasteiger partial charge in [0, 0.05) is 19.7 Å². The van der Waals surface area contributed by atoms with Crippen molar-refractivity contribution in [3.63, 3.8) is 0 Å². The lowest BCUT2D eigenvalue weighted by Gasteiger charge is -2.25. The smallest absolute Gasteiger partial charge is 0.302 e. The fourth-order valence-corrected chi connectivity index (χ4v) is 3.23. The molecule has 1 aliphatic rings. The molecule has 150 valence electrons. The summed E-state index contributed by atoms with van der Waals surface area (Å²) < 4.78 is 7.80. The van der Waals surface area contributed by atoms with Crippen LogP contribution in [0.1, 0.15) is 48.4 Å². The molecule has 0 aliphatic carbocycles. The summed E-state index contributed by atoms with van der Waals surface area (Å²) in [4.78, 5) is 31.1. The molecule has 2 amide bonds. The van der Waals surface area contributed by atoms with Crippen LogP contribution in [0.2, 0.25) is 0 Å². The number of hydrogen-bond donors (Lipinski definition) is 1. The Kier molecular flexibility index (Phi) is 6.14. The van der Waals surface area contributed by atoms with Gasteiger partial charge in [0.25, 0.3) is 5.91 Å². The van der Waals surface area contributed by atoms with Crippen molar-refractivity contribution >= 4 is 11.8 Å². The van der Waals surface area contributed by atoms with Gasteiger partial charge in [-0.3, -0.25) is 19.1 Å². The van der Waals surface area contributed by atoms with Gasteiger partial charge in [-0.1, -0.05) is 26.0 Å². The van der Waals surface area contributed by atoms with Gasteiger partial charge in [0.05, 0.1) is 12.1 Å². The second-order valence-electron chi connectivity index (χ2n) is 7.55. The number of fused-ring (bicyclic) bond motifs is 1. The predicted octanol–water partition coefficient (Wildman–Crippen LogP) is 2.94. The van der Waals surface area contributed by atoms with Crippen LogP contribution in [0.15, 0.2) is 24.3 Å². The summed E-state index contributed by atoms with van der Waals surface area (Å²) in [6, 6.07) is 7.96. The number of aromatic nitrogens is 2. The number of aryl methyl sites for hydroxylation is 1. The highest BCUT2D eigenvalue weighted by atomic mass is 16.5. The minimum absolute atomic E-state index is 0.0609. The van der Waals surface area contributed by atoms with E-state index in [1.54, 1.807) is 4.57 Å². The summed E-state index contributed by atoms with van der Waals surface area (Å²) in [7, 11) is 0. The quantitative estimate of drug-likeness (QED) is 0.706. The van der Waals surface area contributed by atoms with E-state index in [0.29, 0.717) is 42.0 Å². The van der Waals surface area contributed by atoms with Crippen LogP contribution in [0.3, 0.4) is 0 Å². The SMILES string of the molecule is Cc1cccc(Oc2nc3c(n2CCC(C)C)C(=O)N(CCCO)C(=O)C3)c1. The van der Waals surface area contributed by atoms with E-state index in [4.69, 9.17) is 9.84 Å². The first kappa shape index (κ1) is 20.1. The van der Waals surface area contributed by atoms with Crippen LogP contribution in [0, 0.1) is 12.8 Å². The molecule has 1 aromatic heterocycles. The Labute approximate surface area is 164 Å². The molecule has 1 N–H and O–H groups in total. The Hall–Kier alpha value is -2.67. The van der Waals surface area contributed by atoms with Crippen LogP contribution in [-0.4, -0.2) is 44.5 Å². The minimum Gasteiger partial charge on any atom is -0.425 e. The van der Waals surface area contributed by atoms with Crippen molar-refractivity contribution in [3.8, 4) is 11.8 Å². The molecule has 0 saturated carbocycles. The number of imidazole rings is 1. The molecule has 0 fully saturated rings. The van der Waals surface area contributed by atoms with Gasteiger partial charge >= 0.3 is 6.01 Å². The Bertz CT molecular complexity index is 873. The van der Waals surface area contributed by atoms with E-state index in [1.165, 1.54) is 4.90 Å². The third-order valence-electron chi connectivity index (χ3n) is 4.74. The molecule has 2 heterocycles. The maximum atomic E-state index is 13.0. The molecule has 0 atom stereocenters. The number of carbonyl (C=O) groups excluding carboxylic acids is 2. The van der Waals surface area contributed by atoms with E-state index in [9.17, 15) is 9.59 Å². The van der Waals surface area contributed by atoms with Crippen molar-refractivity contribution in [1.82, 2.24) is 14.5 Å². The molecule has 28 heavy (non-hydrogen) atoms. The van der Waals surface area contributed by atoms with Crippen molar-refractivity contribution in [2.45, 2.75) is 46.6 Å². The van der Waals surface area contributed by atoms with Gasteiger partial charge in [-0.25, -0.2) is 0 Å². The Morgan fingerprint density at radius 1 is 1.25 bits per heavy atom. The van der Waals surface area contributed by atoms with Gasteiger partial charge < -0.3 is 9.84 Å². The summed E-state index contributed by atoms with van der Waals surface area (Å²) in [5.74, 6) is 0.427. The van der Waals surface area contributed by atoms with Gasteiger partial charge in [-0.15, -0.1) is 0 Å². The first-order valence-corrected chi connectivity index (χ1v) is 9.70. The zero-order chi connectivity index (χ0) is 20.3. The molecule has 0 bridgehead atoms. The number of ether oxygens (including phenoxy) is 1. The number of nitrogens with zero attached hydrogens (tertiary/aromatic N) is 3. The lowest BCUT2D eigenvalue weighted by molar-refractivity contribution is -0.128. The number of aliphatic hydroxyl groups excluding tert-OH is 1. The van der Waals surface area contributed by atoms with E-state index in [0.717, 1.165) is 12.0 Å². The van der Waals surface area contributed by atoms with Crippen LogP contribution >= 0.6 is 0 Å². The van der Waals surface area contributed by atoms with E-state index in [2.05, 4.69) is 18.8 Å². The lowest BCUT2D eigenvalue weighted by atomic mass is 10.1. The third-order valence-corrected chi connectivity index (χ3v) is 4.74. The zero-order valence-electron chi connectivity index (χ0n) is 16.6. The monoisotopic (exact) mass is 385 g/mol. The maximum Gasteiger partial charge on any atom is 0.302 e. The molecule has 3 rings (SSSR count).